The fourth-order valence-electron chi connectivity index (χ4n) is 8.75. The molecule has 0 bridgehead atoms. The summed E-state index contributed by atoms with van der Waals surface area (Å²) in [6.07, 6.45) is 0. The maximum Gasteiger partial charge on any atom is 0.0465 e. The van der Waals surface area contributed by atoms with Crippen LogP contribution >= 0.6 is 0 Å². The molecule has 0 N–H and O–H groups in total. The summed E-state index contributed by atoms with van der Waals surface area (Å²) in [4.78, 5) is 2.39. The molecule has 1 aliphatic rings. The van der Waals surface area contributed by atoms with E-state index in [1.54, 1.807) is 0 Å². The van der Waals surface area contributed by atoms with Crippen LogP contribution in [0.3, 0.4) is 0 Å². The number of fused-ring (bicyclic) bond motifs is 5. The molecule has 1 aliphatic carbocycles. The van der Waals surface area contributed by atoms with Crippen LogP contribution in [0, 0.1) is 0 Å². The molecular formula is C53H39N. The minimum Gasteiger partial charge on any atom is -0.310 e. The maximum atomic E-state index is 2.43. The topological polar surface area (TPSA) is 3.24 Å². The molecule has 1 nitrogen and oxygen atoms in total. The molecular weight excluding hydrogens is 651 g/mol. The maximum absolute atomic E-state index is 2.43. The predicted octanol–water partition coefficient (Wildman–Crippen LogP) is 14.8. The standard InChI is InChI=1S/C53H39N/c1-53(2)49-23-13-22-46(41-25-24-36-14-9-10-18-40(36)34-41)52(49)48-33-31-44(35-50(48)53)54(42-19-7-4-8-20-42)43-29-26-38(27-30-43)47-32-28-37-15-11-12-21-45(37)51(47)39-16-5-3-6-17-39/h3-35H,1-2H3. The van der Waals surface area contributed by atoms with Gasteiger partial charge in [0.25, 0.3) is 0 Å². The van der Waals surface area contributed by atoms with E-state index >= 15 is 0 Å². The van der Waals surface area contributed by atoms with E-state index in [1.165, 1.54) is 77.2 Å². The second-order valence-electron chi connectivity index (χ2n) is 14.9. The van der Waals surface area contributed by atoms with Gasteiger partial charge in [-0.05, 0) is 120 Å². The third-order valence-corrected chi connectivity index (χ3v) is 11.4. The van der Waals surface area contributed by atoms with Crippen LogP contribution < -0.4 is 4.90 Å². The van der Waals surface area contributed by atoms with E-state index in [0.717, 1.165) is 17.1 Å². The molecule has 0 aromatic heterocycles. The van der Waals surface area contributed by atoms with Gasteiger partial charge in [-0.1, -0.05) is 172 Å². The number of benzene rings is 9. The van der Waals surface area contributed by atoms with Gasteiger partial charge in [-0.25, -0.2) is 0 Å². The lowest BCUT2D eigenvalue weighted by Gasteiger charge is -2.28. The zero-order chi connectivity index (χ0) is 36.2. The Morgan fingerprint density at radius 3 is 1.72 bits per heavy atom. The van der Waals surface area contributed by atoms with E-state index in [1.807, 2.05) is 0 Å². The average Bonchev–Trinajstić information content (AvgIpc) is 3.46. The molecule has 0 atom stereocenters. The fraction of sp³-hybridized carbons (Fsp3) is 0.0566. The van der Waals surface area contributed by atoms with E-state index in [2.05, 4.69) is 219 Å². The highest BCUT2D eigenvalue weighted by Gasteiger charge is 2.37. The van der Waals surface area contributed by atoms with E-state index in [9.17, 15) is 0 Å². The summed E-state index contributed by atoms with van der Waals surface area (Å²) >= 11 is 0. The van der Waals surface area contributed by atoms with Gasteiger partial charge >= 0.3 is 0 Å². The SMILES string of the molecule is CC1(C)c2cc(N(c3ccccc3)c3ccc(-c4ccc5ccccc5c4-c4ccccc4)cc3)ccc2-c2c(-c3ccc4ccccc4c3)cccc21. The predicted molar refractivity (Wildman–Crippen MR) is 230 cm³/mol. The summed E-state index contributed by atoms with van der Waals surface area (Å²) in [5.41, 5.74) is 16.1. The Bertz CT molecular complexity index is 2830. The van der Waals surface area contributed by atoms with Crippen LogP contribution in [0.25, 0.3) is 66.1 Å². The van der Waals surface area contributed by atoms with Gasteiger partial charge in [0.1, 0.15) is 0 Å². The Kier molecular flexibility index (Phi) is 7.56. The number of nitrogens with zero attached hydrogens (tertiary/aromatic N) is 1. The second-order valence-corrected chi connectivity index (χ2v) is 14.9. The first kappa shape index (κ1) is 32.0. The number of hydrogen-bond donors (Lipinski definition) is 0. The Morgan fingerprint density at radius 2 is 0.926 bits per heavy atom. The quantitative estimate of drug-likeness (QED) is 0.168. The molecule has 0 unspecified atom stereocenters. The molecule has 9 aromatic carbocycles. The highest BCUT2D eigenvalue weighted by molar-refractivity contribution is 6.04. The van der Waals surface area contributed by atoms with E-state index in [4.69, 9.17) is 0 Å². The highest BCUT2D eigenvalue weighted by atomic mass is 15.1. The molecule has 0 saturated carbocycles. The zero-order valence-corrected chi connectivity index (χ0v) is 30.5. The molecule has 0 radical (unpaired) electrons. The van der Waals surface area contributed by atoms with Crippen LogP contribution in [-0.2, 0) is 5.41 Å². The molecule has 0 spiro atoms. The van der Waals surface area contributed by atoms with Crippen molar-refractivity contribution in [2.75, 3.05) is 4.90 Å². The zero-order valence-electron chi connectivity index (χ0n) is 30.5. The van der Waals surface area contributed by atoms with Gasteiger partial charge < -0.3 is 4.90 Å². The minimum absolute atomic E-state index is 0.163. The van der Waals surface area contributed by atoms with Gasteiger partial charge in [-0.3, -0.25) is 0 Å². The monoisotopic (exact) mass is 689 g/mol. The molecule has 256 valence electrons. The molecule has 54 heavy (non-hydrogen) atoms. The van der Waals surface area contributed by atoms with Crippen LogP contribution in [0.1, 0.15) is 25.0 Å². The Labute approximate surface area is 317 Å². The number of hydrogen-bond acceptors (Lipinski definition) is 1. The van der Waals surface area contributed by atoms with Crippen molar-refractivity contribution in [2.45, 2.75) is 19.3 Å². The Morgan fingerprint density at radius 1 is 0.333 bits per heavy atom. The van der Waals surface area contributed by atoms with Crippen molar-refractivity contribution in [3.63, 3.8) is 0 Å². The number of para-hydroxylation sites is 1. The van der Waals surface area contributed by atoms with Crippen molar-refractivity contribution in [3.8, 4) is 44.5 Å². The Balaban J connectivity index is 1.08. The van der Waals surface area contributed by atoms with E-state index < -0.39 is 0 Å². The van der Waals surface area contributed by atoms with Gasteiger partial charge in [0.05, 0.1) is 0 Å². The lowest BCUT2D eigenvalue weighted by atomic mass is 9.81. The highest BCUT2D eigenvalue weighted by Crippen LogP contribution is 2.54. The van der Waals surface area contributed by atoms with Gasteiger partial charge in [0.2, 0.25) is 0 Å². The fourth-order valence-corrected chi connectivity index (χ4v) is 8.75. The first-order valence-electron chi connectivity index (χ1n) is 18.8. The van der Waals surface area contributed by atoms with Crippen molar-refractivity contribution in [1.29, 1.82) is 0 Å². The molecule has 9 aromatic rings. The third-order valence-electron chi connectivity index (χ3n) is 11.4. The van der Waals surface area contributed by atoms with Gasteiger partial charge in [0.15, 0.2) is 0 Å². The van der Waals surface area contributed by atoms with E-state index in [0.29, 0.717) is 0 Å². The van der Waals surface area contributed by atoms with Crippen LogP contribution in [0.2, 0.25) is 0 Å². The molecule has 0 heterocycles. The minimum atomic E-state index is -0.163. The Hall–Kier alpha value is -6.70. The van der Waals surface area contributed by atoms with Crippen LogP contribution in [-0.4, -0.2) is 0 Å². The van der Waals surface area contributed by atoms with Crippen molar-refractivity contribution in [1.82, 2.24) is 0 Å². The number of rotatable bonds is 6. The first-order valence-corrected chi connectivity index (χ1v) is 18.8. The largest absolute Gasteiger partial charge is 0.310 e. The lowest BCUT2D eigenvalue weighted by Crippen LogP contribution is -2.16. The van der Waals surface area contributed by atoms with Crippen LogP contribution in [0.4, 0.5) is 17.1 Å². The third kappa shape index (κ3) is 5.24. The van der Waals surface area contributed by atoms with Crippen molar-refractivity contribution in [3.05, 3.63) is 211 Å². The van der Waals surface area contributed by atoms with Crippen LogP contribution in [0.5, 0.6) is 0 Å². The van der Waals surface area contributed by atoms with Crippen molar-refractivity contribution >= 4 is 38.6 Å². The molecule has 0 saturated heterocycles. The molecule has 0 aliphatic heterocycles. The van der Waals surface area contributed by atoms with E-state index in [-0.39, 0.29) is 5.41 Å². The molecule has 0 fully saturated rings. The van der Waals surface area contributed by atoms with Crippen molar-refractivity contribution < 1.29 is 0 Å². The summed E-state index contributed by atoms with van der Waals surface area (Å²) in [5.74, 6) is 0. The molecule has 0 amide bonds. The summed E-state index contributed by atoms with van der Waals surface area (Å²) in [7, 11) is 0. The van der Waals surface area contributed by atoms with Gasteiger partial charge in [-0.2, -0.15) is 0 Å². The van der Waals surface area contributed by atoms with Crippen molar-refractivity contribution in [2.24, 2.45) is 0 Å². The molecule has 10 rings (SSSR count). The van der Waals surface area contributed by atoms with Gasteiger partial charge in [-0.15, -0.1) is 0 Å². The summed E-state index contributed by atoms with van der Waals surface area (Å²) in [6, 6.07) is 73.3. The van der Waals surface area contributed by atoms with Crippen LogP contribution in [0.15, 0.2) is 200 Å². The summed E-state index contributed by atoms with van der Waals surface area (Å²) in [6.45, 7) is 4.75. The van der Waals surface area contributed by atoms with Gasteiger partial charge in [0, 0.05) is 22.5 Å². The smallest absolute Gasteiger partial charge is 0.0465 e. The summed E-state index contributed by atoms with van der Waals surface area (Å²) < 4.78 is 0. The normalized spacial score (nSPS) is 12.8. The first-order chi connectivity index (χ1) is 26.5. The lowest BCUT2D eigenvalue weighted by molar-refractivity contribution is 0.660. The summed E-state index contributed by atoms with van der Waals surface area (Å²) in [5, 5.41) is 5.05. The molecule has 1 heteroatoms. The number of anilines is 3. The second kappa shape index (κ2) is 12.8. The average molecular weight is 690 g/mol.